The third kappa shape index (κ3) is 3.31. The van der Waals surface area contributed by atoms with Crippen molar-refractivity contribution in [3.05, 3.63) is 51.8 Å². The van der Waals surface area contributed by atoms with Crippen LogP contribution in [0.4, 0.5) is 5.69 Å². The van der Waals surface area contributed by atoms with Crippen LogP contribution in [0.5, 0.6) is 0 Å². The molecule has 0 saturated carbocycles. The van der Waals surface area contributed by atoms with Crippen molar-refractivity contribution >= 4 is 15.7 Å². The molecule has 1 N–H and O–H groups in total. The van der Waals surface area contributed by atoms with E-state index in [0.717, 1.165) is 0 Å². The fraction of sp³-hybridized carbons (Fsp3) is 0.308. The van der Waals surface area contributed by atoms with Crippen molar-refractivity contribution in [2.75, 3.05) is 6.54 Å². The Morgan fingerprint density at radius 3 is 2.45 bits per heavy atom. The van der Waals surface area contributed by atoms with Crippen LogP contribution in [0.3, 0.4) is 0 Å². The lowest BCUT2D eigenvalue weighted by molar-refractivity contribution is -0.386. The number of hydrogen-bond acceptors (Lipinski definition) is 5. The highest BCUT2D eigenvalue weighted by Gasteiger charge is 2.21. The number of sulfonamides is 1. The van der Waals surface area contributed by atoms with E-state index in [1.54, 1.807) is 32.0 Å². The first-order valence-electron chi connectivity index (χ1n) is 6.56. The van der Waals surface area contributed by atoms with Crippen LogP contribution < -0.4 is 4.72 Å². The van der Waals surface area contributed by atoms with Crippen LogP contribution >= 0.6 is 0 Å². The van der Waals surface area contributed by atoms with Crippen molar-refractivity contribution in [1.29, 1.82) is 0 Å². The fourth-order valence-corrected chi connectivity index (χ4v) is 3.18. The second kappa shape index (κ2) is 6.24. The molecule has 0 atom stereocenters. The van der Waals surface area contributed by atoms with E-state index in [0.29, 0.717) is 11.4 Å². The van der Waals surface area contributed by atoms with Gasteiger partial charge in [0.1, 0.15) is 11.4 Å². The monoisotopic (exact) mass is 324 g/mol. The third-order valence-corrected chi connectivity index (χ3v) is 4.67. The molecule has 0 saturated heterocycles. The second-order valence-corrected chi connectivity index (χ2v) is 6.48. The summed E-state index contributed by atoms with van der Waals surface area (Å²) in [5.74, 6) is 0. The predicted octanol–water partition coefficient (Wildman–Crippen LogP) is 1.39. The zero-order valence-corrected chi connectivity index (χ0v) is 13.0. The lowest BCUT2D eigenvalue weighted by Crippen LogP contribution is -2.28. The van der Waals surface area contributed by atoms with Crippen LogP contribution in [0.15, 0.2) is 35.2 Å². The quantitative estimate of drug-likeness (QED) is 0.638. The molecule has 118 valence electrons. The number of rotatable bonds is 6. The van der Waals surface area contributed by atoms with Crippen LogP contribution in [-0.2, 0) is 16.6 Å². The number of nitrogens with one attached hydrogen (secondary N) is 1. The predicted molar refractivity (Wildman–Crippen MR) is 80.0 cm³/mol. The summed E-state index contributed by atoms with van der Waals surface area (Å²) in [7, 11) is -3.59. The Balaban J connectivity index is 2.06. The molecule has 9 heteroatoms. The number of nitro groups is 1. The summed E-state index contributed by atoms with van der Waals surface area (Å²) in [4.78, 5) is 10.6. The van der Waals surface area contributed by atoms with E-state index >= 15 is 0 Å². The molecule has 0 bridgehead atoms. The maximum Gasteiger partial charge on any atom is 0.312 e. The minimum atomic E-state index is -3.59. The van der Waals surface area contributed by atoms with E-state index in [1.165, 1.54) is 16.8 Å². The summed E-state index contributed by atoms with van der Waals surface area (Å²) in [6.07, 6.45) is 0. The molecule has 0 radical (unpaired) electrons. The van der Waals surface area contributed by atoms with Crippen LogP contribution in [0.2, 0.25) is 0 Å². The Labute approximate surface area is 128 Å². The molecule has 0 fully saturated rings. The molecule has 1 aromatic carbocycles. The van der Waals surface area contributed by atoms with Gasteiger partial charge in [0.25, 0.3) is 0 Å². The van der Waals surface area contributed by atoms with Gasteiger partial charge in [-0.05, 0) is 26.0 Å². The van der Waals surface area contributed by atoms with E-state index in [4.69, 9.17) is 0 Å². The van der Waals surface area contributed by atoms with Gasteiger partial charge >= 0.3 is 5.69 Å². The van der Waals surface area contributed by atoms with Gasteiger partial charge in [0.2, 0.25) is 10.0 Å². The molecule has 22 heavy (non-hydrogen) atoms. The Morgan fingerprint density at radius 1 is 1.27 bits per heavy atom. The maximum atomic E-state index is 12.0. The molecule has 2 rings (SSSR count). The van der Waals surface area contributed by atoms with Crippen molar-refractivity contribution in [1.82, 2.24) is 14.5 Å². The SMILES string of the molecule is Cc1nn(CCNS(=O)(=O)c2ccccc2)c(C)c1[N+](=O)[O-]. The molecule has 0 spiro atoms. The third-order valence-electron chi connectivity index (χ3n) is 3.20. The lowest BCUT2D eigenvalue weighted by Gasteiger charge is -2.07. The summed E-state index contributed by atoms with van der Waals surface area (Å²) in [5.41, 5.74) is 0.681. The molecule has 0 aliphatic rings. The summed E-state index contributed by atoms with van der Waals surface area (Å²) >= 11 is 0. The summed E-state index contributed by atoms with van der Waals surface area (Å²) in [6, 6.07) is 8.00. The summed E-state index contributed by atoms with van der Waals surface area (Å²) in [5, 5.41) is 15.0. The Hall–Kier alpha value is -2.26. The van der Waals surface area contributed by atoms with Gasteiger partial charge < -0.3 is 0 Å². The lowest BCUT2D eigenvalue weighted by atomic mass is 10.3. The average Bonchev–Trinajstić information content (AvgIpc) is 2.74. The molecule has 0 aliphatic carbocycles. The first-order chi connectivity index (χ1) is 10.3. The minimum absolute atomic E-state index is 0.0362. The zero-order valence-electron chi connectivity index (χ0n) is 12.2. The Bertz CT molecular complexity index is 784. The van der Waals surface area contributed by atoms with Gasteiger partial charge in [-0.25, -0.2) is 13.1 Å². The van der Waals surface area contributed by atoms with E-state index in [9.17, 15) is 18.5 Å². The second-order valence-electron chi connectivity index (χ2n) is 4.71. The molecule has 0 amide bonds. The molecule has 8 nitrogen and oxygen atoms in total. The van der Waals surface area contributed by atoms with Gasteiger partial charge in [-0.15, -0.1) is 0 Å². The molecule has 0 aliphatic heterocycles. The Morgan fingerprint density at radius 2 is 1.91 bits per heavy atom. The fourth-order valence-electron chi connectivity index (χ4n) is 2.14. The normalized spacial score (nSPS) is 11.5. The first kappa shape index (κ1) is 16.1. The smallest absolute Gasteiger partial charge is 0.261 e. The van der Waals surface area contributed by atoms with E-state index in [2.05, 4.69) is 9.82 Å². The number of nitrogens with zero attached hydrogens (tertiary/aromatic N) is 3. The summed E-state index contributed by atoms with van der Waals surface area (Å²) in [6.45, 7) is 3.45. The van der Waals surface area contributed by atoms with Crippen molar-refractivity contribution in [2.24, 2.45) is 0 Å². The van der Waals surface area contributed by atoms with Crippen LogP contribution in [0, 0.1) is 24.0 Å². The van der Waals surface area contributed by atoms with E-state index in [1.807, 2.05) is 0 Å². The van der Waals surface area contributed by atoms with E-state index in [-0.39, 0.29) is 23.7 Å². The first-order valence-corrected chi connectivity index (χ1v) is 8.04. The molecule has 0 unspecified atom stereocenters. The molecular weight excluding hydrogens is 308 g/mol. The zero-order chi connectivity index (χ0) is 16.3. The number of hydrogen-bond donors (Lipinski definition) is 1. The largest absolute Gasteiger partial charge is 0.312 e. The molecular formula is C13H16N4O4S. The van der Waals surface area contributed by atoms with Crippen molar-refractivity contribution < 1.29 is 13.3 Å². The van der Waals surface area contributed by atoms with Crippen LogP contribution in [0.25, 0.3) is 0 Å². The maximum absolute atomic E-state index is 12.0. The molecule has 2 aromatic rings. The van der Waals surface area contributed by atoms with E-state index < -0.39 is 14.9 Å². The highest BCUT2D eigenvalue weighted by atomic mass is 32.2. The molecule has 1 heterocycles. The standard InChI is InChI=1S/C13H16N4O4S/c1-10-13(17(18)19)11(2)16(15-10)9-8-14-22(20,21)12-6-4-3-5-7-12/h3-7,14H,8-9H2,1-2H3. The topological polar surface area (TPSA) is 107 Å². The van der Waals surface area contributed by atoms with Gasteiger partial charge in [-0.2, -0.15) is 5.10 Å². The van der Waals surface area contributed by atoms with Crippen molar-refractivity contribution in [3.63, 3.8) is 0 Å². The average molecular weight is 324 g/mol. The van der Waals surface area contributed by atoms with Crippen molar-refractivity contribution in [3.8, 4) is 0 Å². The molecule has 1 aromatic heterocycles. The number of aromatic nitrogens is 2. The highest BCUT2D eigenvalue weighted by Crippen LogP contribution is 2.21. The Kier molecular flexibility index (Phi) is 4.57. The van der Waals surface area contributed by atoms with Crippen LogP contribution in [-0.4, -0.2) is 29.7 Å². The van der Waals surface area contributed by atoms with Gasteiger partial charge in [0.05, 0.1) is 16.4 Å². The minimum Gasteiger partial charge on any atom is -0.261 e. The van der Waals surface area contributed by atoms with Gasteiger partial charge in [-0.1, -0.05) is 18.2 Å². The van der Waals surface area contributed by atoms with Crippen LogP contribution in [0.1, 0.15) is 11.4 Å². The van der Waals surface area contributed by atoms with Gasteiger partial charge in [-0.3, -0.25) is 14.8 Å². The summed E-state index contributed by atoms with van der Waals surface area (Å²) < 4.78 is 28.0. The van der Waals surface area contributed by atoms with Crippen molar-refractivity contribution in [2.45, 2.75) is 25.3 Å². The number of benzene rings is 1. The van der Waals surface area contributed by atoms with Gasteiger partial charge in [0.15, 0.2) is 0 Å². The number of aryl methyl sites for hydroxylation is 1. The highest BCUT2D eigenvalue weighted by molar-refractivity contribution is 7.89. The van der Waals surface area contributed by atoms with Gasteiger partial charge in [0, 0.05) is 6.54 Å².